The van der Waals surface area contributed by atoms with Gasteiger partial charge >= 0.3 is 0 Å². The number of nitrogens with zero attached hydrogens (tertiary/aromatic N) is 1. The van der Waals surface area contributed by atoms with Crippen LogP contribution >= 0.6 is 0 Å². The molecule has 0 radical (unpaired) electrons. The van der Waals surface area contributed by atoms with Crippen LogP contribution in [0, 0.1) is 0 Å². The molecule has 0 unspecified atom stereocenters. The van der Waals surface area contributed by atoms with E-state index in [0.717, 1.165) is 19.4 Å². The normalized spacial score (nSPS) is 17.9. The Labute approximate surface area is 115 Å². The Kier molecular flexibility index (Phi) is 3.37. The molecule has 0 spiro atoms. The minimum atomic E-state index is 0.421. The molecule has 0 saturated carbocycles. The van der Waals surface area contributed by atoms with E-state index >= 15 is 0 Å². The summed E-state index contributed by atoms with van der Waals surface area (Å²) in [7, 11) is 0. The van der Waals surface area contributed by atoms with E-state index < -0.39 is 0 Å². The van der Waals surface area contributed by atoms with Gasteiger partial charge in [0.05, 0.1) is 6.04 Å². The number of para-hydroxylation sites is 1. The molecule has 19 heavy (non-hydrogen) atoms. The van der Waals surface area contributed by atoms with Crippen molar-refractivity contribution in [3.63, 3.8) is 0 Å². The minimum Gasteiger partial charge on any atom is -0.364 e. The van der Waals surface area contributed by atoms with Gasteiger partial charge in [0, 0.05) is 12.2 Å². The molecular formula is C18H19N. The van der Waals surface area contributed by atoms with E-state index in [-0.39, 0.29) is 0 Å². The average Bonchev–Trinajstić information content (AvgIpc) is 2.49. The van der Waals surface area contributed by atoms with Gasteiger partial charge in [-0.15, -0.1) is 6.58 Å². The molecule has 0 fully saturated rings. The molecule has 1 heteroatoms. The topological polar surface area (TPSA) is 3.24 Å². The summed E-state index contributed by atoms with van der Waals surface area (Å²) in [4.78, 5) is 2.50. The average molecular weight is 249 g/mol. The second kappa shape index (κ2) is 5.31. The van der Waals surface area contributed by atoms with E-state index in [1.807, 2.05) is 6.08 Å². The largest absolute Gasteiger partial charge is 0.364 e. The van der Waals surface area contributed by atoms with E-state index in [1.165, 1.54) is 16.8 Å². The minimum absolute atomic E-state index is 0.421. The highest BCUT2D eigenvalue weighted by Gasteiger charge is 2.25. The maximum atomic E-state index is 3.93. The summed E-state index contributed by atoms with van der Waals surface area (Å²) < 4.78 is 0. The zero-order valence-corrected chi connectivity index (χ0v) is 11.1. The van der Waals surface area contributed by atoms with Crippen molar-refractivity contribution in [3.05, 3.63) is 78.4 Å². The van der Waals surface area contributed by atoms with E-state index in [1.54, 1.807) is 0 Å². The van der Waals surface area contributed by atoms with Gasteiger partial charge in [-0.05, 0) is 36.1 Å². The first kappa shape index (κ1) is 12.0. The first-order valence-electron chi connectivity index (χ1n) is 6.90. The van der Waals surface area contributed by atoms with Crippen molar-refractivity contribution in [2.75, 3.05) is 11.4 Å². The summed E-state index contributed by atoms with van der Waals surface area (Å²) in [5.41, 5.74) is 4.25. The lowest BCUT2D eigenvalue weighted by Crippen LogP contribution is -2.35. The number of hydrogen-bond donors (Lipinski definition) is 0. The number of anilines is 1. The molecule has 1 aliphatic heterocycles. The van der Waals surface area contributed by atoms with Gasteiger partial charge in [-0.3, -0.25) is 0 Å². The van der Waals surface area contributed by atoms with Crippen LogP contribution in [0.25, 0.3) is 0 Å². The van der Waals surface area contributed by atoms with Crippen LogP contribution in [-0.2, 0) is 6.42 Å². The SMILES string of the molecule is C=CC[C@H]1c2ccccc2CCN1c1ccccc1. The first-order chi connectivity index (χ1) is 9.40. The van der Waals surface area contributed by atoms with Crippen LogP contribution in [0.4, 0.5) is 5.69 Å². The Morgan fingerprint density at radius 1 is 1.05 bits per heavy atom. The summed E-state index contributed by atoms with van der Waals surface area (Å²) >= 11 is 0. The summed E-state index contributed by atoms with van der Waals surface area (Å²) in [6.45, 7) is 5.01. The lowest BCUT2D eigenvalue weighted by Gasteiger charge is -2.38. The van der Waals surface area contributed by atoms with Crippen LogP contribution in [0.2, 0.25) is 0 Å². The fourth-order valence-corrected chi connectivity index (χ4v) is 2.99. The van der Waals surface area contributed by atoms with Gasteiger partial charge in [-0.2, -0.15) is 0 Å². The lowest BCUT2D eigenvalue weighted by molar-refractivity contribution is 0.588. The van der Waals surface area contributed by atoms with E-state index in [4.69, 9.17) is 0 Å². The van der Waals surface area contributed by atoms with Gasteiger partial charge in [0.15, 0.2) is 0 Å². The van der Waals surface area contributed by atoms with Crippen molar-refractivity contribution < 1.29 is 0 Å². The van der Waals surface area contributed by atoms with Crippen LogP contribution in [0.15, 0.2) is 67.3 Å². The van der Waals surface area contributed by atoms with Gasteiger partial charge in [-0.25, -0.2) is 0 Å². The molecule has 0 aliphatic carbocycles. The fraction of sp³-hybridized carbons (Fsp3) is 0.222. The van der Waals surface area contributed by atoms with Gasteiger partial charge in [0.1, 0.15) is 0 Å². The van der Waals surface area contributed by atoms with Gasteiger partial charge in [0.25, 0.3) is 0 Å². The highest BCUT2D eigenvalue weighted by atomic mass is 15.2. The van der Waals surface area contributed by atoms with Crippen molar-refractivity contribution in [3.8, 4) is 0 Å². The second-order valence-electron chi connectivity index (χ2n) is 5.02. The number of benzene rings is 2. The highest BCUT2D eigenvalue weighted by Crippen LogP contribution is 2.35. The van der Waals surface area contributed by atoms with Crippen LogP contribution in [0.3, 0.4) is 0 Å². The summed E-state index contributed by atoms with van der Waals surface area (Å²) in [6, 6.07) is 19.9. The summed E-state index contributed by atoms with van der Waals surface area (Å²) in [6.07, 6.45) is 4.15. The standard InChI is InChI=1S/C18H19N/c1-2-8-18-17-12-7-6-9-15(17)13-14-19(18)16-10-4-3-5-11-16/h2-7,9-12,18H,1,8,13-14H2/t18-/m0/s1. The zero-order chi connectivity index (χ0) is 13.1. The monoisotopic (exact) mass is 249 g/mol. The Morgan fingerprint density at radius 3 is 2.58 bits per heavy atom. The predicted octanol–water partition coefficient (Wildman–Crippen LogP) is 4.37. The molecule has 1 heterocycles. The van der Waals surface area contributed by atoms with Crippen LogP contribution in [-0.4, -0.2) is 6.54 Å². The summed E-state index contributed by atoms with van der Waals surface area (Å²) in [5, 5.41) is 0. The molecule has 2 aromatic carbocycles. The lowest BCUT2D eigenvalue weighted by atomic mass is 9.90. The van der Waals surface area contributed by atoms with E-state index in [9.17, 15) is 0 Å². The molecule has 0 amide bonds. The molecule has 1 aliphatic rings. The van der Waals surface area contributed by atoms with Crippen molar-refractivity contribution in [1.82, 2.24) is 0 Å². The smallest absolute Gasteiger partial charge is 0.0579 e. The van der Waals surface area contributed by atoms with Gasteiger partial charge < -0.3 is 4.90 Å². The van der Waals surface area contributed by atoms with E-state index in [0.29, 0.717) is 6.04 Å². The summed E-state index contributed by atoms with van der Waals surface area (Å²) in [5.74, 6) is 0. The van der Waals surface area contributed by atoms with Crippen molar-refractivity contribution in [2.45, 2.75) is 18.9 Å². The molecule has 1 atom stereocenters. The third-order valence-corrected chi connectivity index (χ3v) is 3.89. The molecule has 0 N–H and O–H groups in total. The molecule has 96 valence electrons. The zero-order valence-electron chi connectivity index (χ0n) is 11.1. The molecule has 0 bridgehead atoms. The molecule has 0 aromatic heterocycles. The van der Waals surface area contributed by atoms with Crippen LogP contribution < -0.4 is 4.90 Å². The number of fused-ring (bicyclic) bond motifs is 1. The Hall–Kier alpha value is -2.02. The fourth-order valence-electron chi connectivity index (χ4n) is 2.99. The Bertz CT molecular complexity index is 559. The Balaban J connectivity index is 2.01. The van der Waals surface area contributed by atoms with Crippen molar-refractivity contribution >= 4 is 5.69 Å². The third kappa shape index (κ3) is 2.28. The number of rotatable bonds is 3. The van der Waals surface area contributed by atoms with E-state index in [2.05, 4.69) is 66.1 Å². The van der Waals surface area contributed by atoms with Crippen molar-refractivity contribution in [1.29, 1.82) is 0 Å². The van der Waals surface area contributed by atoms with Gasteiger partial charge in [0.2, 0.25) is 0 Å². The third-order valence-electron chi connectivity index (χ3n) is 3.89. The maximum absolute atomic E-state index is 3.93. The molecular weight excluding hydrogens is 230 g/mol. The quantitative estimate of drug-likeness (QED) is 0.730. The molecule has 2 aromatic rings. The highest BCUT2D eigenvalue weighted by molar-refractivity contribution is 5.52. The molecule has 1 nitrogen and oxygen atoms in total. The van der Waals surface area contributed by atoms with Crippen LogP contribution in [0.5, 0.6) is 0 Å². The molecule has 3 rings (SSSR count). The second-order valence-corrected chi connectivity index (χ2v) is 5.02. The van der Waals surface area contributed by atoms with Crippen LogP contribution in [0.1, 0.15) is 23.6 Å². The molecule has 0 saturated heterocycles. The first-order valence-corrected chi connectivity index (χ1v) is 6.90. The predicted molar refractivity (Wildman–Crippen MR) is 81.5 cm³/mol. The Morgan fingerprint density at radius 2 is 1.79 bits per heavy atom. The van der Waals surface area contributed by atoms with Gasteiger partial charge in [-0.1, -0.05) is 48.5 Å². The van der Waals surface area contributed by atoms with Crippen molar-refractivity contribution in [2.24, 2.45) is 0 Å². The number of hydrogen-bond acceptors (Lipinski definition) is 1. The maximum Gasteiger partial charge on any atom is 0.0579 e.